The lowest BCUT2D eigenvalue weighted by molar-refractivity contribution is 0.181. The van der Waals surface area contributed by atoms with E-state index < -0.39 is 0 Å². The van der Waals surface area contributed by atoms with Crippen LogP contribution in [0, 0.1) is 5.92 Å². The molecule has 3 rings (SSSR count). The van der Waals surface area contributed by atoms with Gasteiger partial charge in [0.25, 0.3) is 0 Å². The smallest absolute Gasteiger partial charge is 0.317 e. The number of aliphatic hydroxyl groups excluding tert-OH is 1. The predicted molar refractivity (Wildman–Crippen MR) is 86.9 cm³/mol. The molecule has 0 bridgehead atoms. The Bertz CT molecular complexity index is 639. The monoisotopic (exact) mass is 314 g/mol. The topological polar surface area (TPSA) is 65.7 Å². The molecule has 5 nitrogen and oxygen atoms in total. The fourth-order valence-corrected chi connectivity index (χ4v) is 2.93. The summed E-state index contributed by atoms with van der Waals surface area (Å²) in [4.78, 5) is 14.2. The number of hydrogen-bond acceptors (Lipinski definition) is 3. The van der Waals surface area contributed by atoms with Gasteiger partial charge in [0.2, 0.25) is 0 Å². The molecule has 122 valence electrons. The Morgan fingerprint density at radius 2 is 2.09 bits per heavy atom. The van der Waals surface area contributed by atoms with Gasteiger partial charge in [-0.05, 0) is 29.7 Å². The molecule has 2 amide bonds. The number of rotatable bonds is 5. The second-order valence-corrected chi connectivity index (χ2v) is 5.96. The van der Waals surface area contributed by atoms with Crippen LogP contribution >= 0.6 is 0 Å². The molecule has 2 aromatic rings. The van der Waals surface area contributed by atoms with E-state index in [0.29, 0.717) is 19.5 Å². The number of aliphatic hydroxyl groups is 1. The van der Waals surface area contributed by atoms with Gasteiger partial charge in [-0.3, -0.25) is 0 Å². The van der Waals surface area contributed by atoms with Crippen LogP contribution in [0.5, 0.6) is 0 Å². The van der Waals surface area contributed by atoms with Crippen molar-refractivity contribution in [3.05, 3.63) is 59.5 Å². The van der Waals surface area contributed by atoms with Crippen molar-refractivity contribution in [2.24, 2.45) is 5.92 Å². The number of carbonyl (C=O) groups excluding carboxylic acids is 1. The first-order valence-corrected chi connectivity index (χ1v) is 7.99. The molecular formula is C18H22N2O3. The van der Waals surface area contributed by atoms with Crippen LogP contribution in [-0.4, -0.2) is 35.7 Å². The molecule has 0 saturated heterocycles. The van der Waals surface area contributed by atoms with Gasteiger partial charge in [-0.25, -0.2) is 4.79 Å². The van der Waals surface area contributed by atoms with Gasteiger partial charge in [-0.1, -0.05) is 24.3 Å². The summed E-state index contributed by atoms with van der Waals surface area (Å²) in [7, 11) is 0. The van der Waals surface area contributed by atoms with Gasteiger partial charge in [-0.2, -0.15) is 0 Å². The van der Waals surface area contributed by atoms with Gasteiger partial charge in [0, 0.05) is 38.6 Å². The minimum atomic E-state index is -0.0719. The number of carbonyl (C=O) groups is 1. The largest absolute Gasteiger partial charge is 0.469 e. The van der Waals surface area contributed by atoms with Crippen LogP contribution in [0.2, 0.25) is 0 Å². The third-order valence-corrected chi connectivity index (χ3v) is 4.29. The van der Waals surface area contributed by atoms with E-state index in [4.69, 9.17) is 4.42 Å². The Kier molecular flexibility index (Phi) is 4.98. The highest BCUT2D eigenvalue weighted by Gasteiger charge is 2.21. The first-order valence-electron chi connectivity index (χ1n) is 7.99. The van der Waals surface area contributed by atoms with Gasteiger partial charge >= 0.3 is 6.03 Å². The molecule has 1 atom stereocenters. The first-order chi connectivity index (χ1) is 11.3. The van der Waals surface area contributed by atoms with Crippen LogP contribution in [0.25, 0.3) is 0 Å². The van der Waals surface area contributed by atoms with Crippen LogP contribution < -0.4 is 5.32 Å². The van der Waals surface area contributed by atoms with Crippen LogP contribution in [-0.2, 0) is 19.4 Å². The highest BCUT2D eigenvalue weighted by Crippen LogP contribution is 2.18. The Labute approximate surface area is 135 Å². The first kappa shape index (κ1) is 15.6. The van der Waals surface area contributed by atoms with Crippen LogP contribution in [0.15, 0.2) is 47.1 Å². The molecule has 1 aliphatic heterocycles. The summed E-state index contributed by atoms with van der Waals surface area (Å²) in [6.45, 7) is 1.83. The van der Waals surface area contributed by atoms with Gasteiger partial charge < -0.3 is 19.7 Å². The molecule has 1 aromatic carbocycles. The zero-order valence-electron chi connectivity index (χ0n) is 13.1. The van der Waals surface area contributed by atoms with Crippen molar-refractivity contribution in [1.29, 1.82) is 0 Å². The summed E-state index contributed by atoms with van der Waals surface area (Å²) in [5, 5.41) is 12.4. The maximum Gasteiger partial charge on any atom is 0.317 e. The average molecular weight is 314 g/mol. The maximum atomic E-state index is 12.3. The molecule has 0 aliphatic carbocycles. The van der Waals surface area contributed by atoms with Crippen molar-refractivity contribution in [2.75, 3.05) is 19.7 Å². The number of hydrogen-bond donors (Lipinski definition) is 2. The number of nitrogens with zero attached hydrogens (tertiary/aromatic N) is 1. The van der Waals surface area contributed by atoms with Crippen molar-refractivity contribution < 1.29 is 14.3 Å². The van der Waals surface area contributed by atoms with E-state index in [9.17, 15) is 9.90 Å². The molecule has 2 heterocycles. The molecule has 1 aromatic heterocycles. The van der Waals surface area contributed by atoms with Crippen molar-refractivity contribution in [3.8, 4) is 0 Å². The van der Waals surface area contributed by atoms with Gasteiger partial charge in [-0.15, -0.1) is 0 Å². The van der Waals surface area contributed by atoms with E-state index >= 15 is 0 Å². The Balaban J connectivity index is 1.51. The number of amides is 2. The van der Waals surface area contributed by atoms with Crippen molar-refractivity contribution >= 4 is 6.03 Å². The number of urea groups is 1. The molecule has 0 spiro atoms. The zero-order valence-corrected chi connectivity index (χ0v) is 13.1. The zero-order chi connectivity index (χ0) is 16.1. The molecule has 0 unspecified atom stereocenters. The van der Waals surface area contributed by atoms with Crippen molar-refractivity contribution in [2.45, 2.75) is 19.4 Å². The van der Waals surface area contributed by atoms with Gasteiger partial charge in [0.1, 0.15) is 5.76 Å². The van der Waals surface area contributed by atoms with E-state index in [1.165, 1.54) is 11.1 Å². The standard InChI is InChI=1S/C18H22N2O3/c21-13-14(10-17-6-3-9-23-17)11-19-18(22)20-8-7-15-4-1-2-5-16(15)12-20/h1-6,9,14,21H,7-8,10-13H2,(H,19,22)/t14-/m0/s1. The van der Waals surface area contributed by atoms with E-state index in [1.54, 1.807) is 6.26 Å². The third kappa shape index (κ3) is 3.93. The summed E-state index contributed by atoms with van der Waals surface area (Å²) in [6.07, 6.45) is 3.12. The lowest BCUT2D eigenvalue weighted by atomic mass is 10.0. The van der Waals surface area contributed by atoms with Crippen LogP contribution in [0.3, 0.4) is 0 Å². The number of fused-ring (bicyclic) bond motifs is 1. The molecule has 5 heteroatoms. The number of benzene rings is 1. The quantitative estimate of drug-likeness (QED) is 0.889. The molecule has 2 N–H and O–H groups in total. The molecule has 0 fully saturated rings. The highest BCUT2D eigenvalue weighted by atomic mass is 16.3. The number of furan rings is 1. The molecule has 23 heavy (non-hydrogen) atoms. The minimum absolute atomic E-state index is 0.0177. The second-order valence-electron chi connectivity index (χ2n) is 5.96. The summed E-state index contributed by atoms with van der Waals surface area (Å²) in [5.41, 5.74) is 2.53. The average Bonchev–Trinajstić information content (AvgIpc) is 3.11. The van der Waals surface area contributed by atoms with Gasteiger partial charge in [0.15, 0.2) is 0 Å². The SMILES string of the molecule is O=C(NC[C@@H](CO)Cc1ccco1)N1CCc2ccccc2C1. The molecule has 1 aliphatic rings. The molecule has 0 saturated carbocycles. The summed E-state index contributed by atoms with van der Waals surface area (Å²) in [5.74, 6) is 0.785. The van der Waals surface area contributed by atoms with E-state index in [2.05, 4.69) is 17.4 Å². The summed E-state index contributed by atoms with van der Waals surface area (Å²) >= 11 is 0. The number of nitrogens with one attached hydrogen (secondary N) is 1. The molecule has 0 radical (unpaired) electrons. The normalized spacial score (nSPS) is 15.1. The van der Waals surface area contributed by atoms with E-state index in [0.717, 1.165) is 18.7 Å². The van der Waals surface area contributed by atoms with Crippen molar-refractivity contribution in [3.63, 3.8) is 0 Å². The Hall–Kier alpha value is -2.27. The Morgan fingerprint density at radius 1 is 1.26 bits per heavy atom. The fraction of sp³-hybridized carbons (Fsp3) is 0.389. The second kappa shape index (κ2) is 7.33. The van der Waals surface area contributed by atoms with Crippen LogP contribution in [0.4, 0.5) is 4.79 Å². The fourth-order valence-electron chi connectivity index (χ4n) is 2.93. The van der Waals surface area contributed by atoms with E-state index in [1.807, 2.05) is 29.2 Å². The summed E-state index contributed by atoms with van der Waals surface area (Å²) < 4.78 is 5.29. The van der Waals surface area contributed by atoms with Crippen molar-refractivity contribution in [1.82, 2.24) is 10.2 Å². The highest BCUT2D eigenvalue weighted by molar-refractivity contribution is 5.74. The lowest BCUT2D eigenvalue weighted by Crippen LogP contribution is -2.44. The minimum Gasteiger partial charge on any atom is -0.469 e. The van der Waals surface area contributed by atoms with Gasteiger partial charge in [0.05, 0.1) is 6.26 Å². The predicted octanol–water partition coefficient (Wildman–Crippen LogP) is 2.20. The van der Waals surface area contributed by atoms with Crippen LogP contribution in [0.1, 0.15) is 16.9 Å². The summed E-state index contributed by atoms with van der Waals surface area (Å²) in [6, 6.07) is 11.9. The third-order valence-electron chi connectivity index (χ3n) is 4.29. The maximum absolute atomic E-state index is 12.3. The molecular weight excluding hydrogens is 292 g/mol. The lowest BCUT2D eigenvalue weighted by Gasteiger charge is -2.29. The van der Waals surface area contributed by atoms with E-state index in [-0.39, 0.29) is 18.6 Å². The Morgan fingerprint density at radius 3 is 2.83 bits per heavy atom.